The Labute approximate surface area is 187 Å². The number of piperidine rings is 1. The van der Waals surface area contributed by atoms with E-state index in [4.69, 9.17) is 4.74 Å². The molecule has 172 valence electrons. The molecule has 5 heteroatoms. The van der Waals surface area contributed by atoms with Gasteiger partial charge in [0.25, 0.3) is 0 Å². The molecule has 1 N–H and O–H groups in total. The van der Waals surface area contributed by atoms with E-state index in [0.717, 1.165) is 64.0 Å². The fourth-order valence-corrected chi connectivity index (χ4v) is 4.79. The lowest BCUT2D eigenvalue weighted by Crippen LogP contribution is -2.42. The fraction of sp³-hybridized carbons (Fsp3) is 0.692. The highest BCUT2D eigenvalue weighted by molar-refractivity contribution is 5.79. The molecule has 0 spiro atoms. The van der Waals surface area contributed by atoms with Crippen LogP contribution in [0.25, 0.3) is 0 Å². The second kappa shape index (κ2) is 10.5. The summed E-state index contributed by atoms with van der Waals surface area (Å²) in [6.45, 7) is 9.42. The molecule has 1 aliphatic heterocycles. The predicted octanol–water partition coefficient (Wildman–Crippen LogP) is 5.71. The standard InChI is InChI=1S/C26H40N2O3/c1-19-10-12-22(13-11-19)24(29)27-23(21-8-6-5-7-9-21)18-20-14-16-28(17-15-20)25(30)31-26(2,3)4/h5-9,19-20,22-23H,10-18H2,1-4H3,(H,27,29). The van der Waals surface area contributed by atoms with Crippen molar-refractivity contribution < 1.29 is 14.3 Å². The van der Waals surface area contributed by atoms with Gasteiger partial charge < -0.3 is 15.0 Å². The molecular weight excluding hydrogens is 388 g/mol. The third-order valence-electron chi connectivity index (χ3n) is 6.74. The highest BCUT2D eigenvalue weighted by atomic mass is 16.6. The lowest BCUT2D eigenvalue weighted by molar-refractivity contribution is -0.127. The number of rotatable bonds is 5. The van der Waals surface area contributed by atoms with Crippen LogP contribution >= 0.6 is 0 Å². The molecule has 2 fully saturated rings. The van der Waals surface area contributed by atoms with Crippen LogP contribution in [0.5, 0.6) is 0 Å². The number of carbonyl (C=O) groups excluding carboxylic acids is 2. The Balaban J connectivity index is 1.57. The first kappa shape index (κ1) is 23.6. The summed E-state index contributed by atoms with van der Waals surface area (Å²) >= 11 is 0. The molecule has 2 aliphatic rings. The largest absolute Gasteiger partial charge is 0.444 e. The van der Waals surface area contributed by atoms with E-state index in [2.05, 4.69) is 24.4 Å². The predicted molar refractivity (Wildman–Crippen MR) is 124 cm³/mol. The summed E-state index contributed by atoms with van der Waals surface area (Å²) < 4.78 is 5.52. The topological polar surface area (TPSA) is 58.6 Å². The number of hydrogen-bond acceptors (Lipinski definition) is 3. The Kier molecular flexibility index (Phi) is 8.01. The molecule has 1 atom stereocenters. The highest BCUT2D eigenvalue weighted by Gasteiger charge is 2.30. The van der Waals surface area contributed by atoms with Gasteiger partial charge in [0.2, 0.25) is 5.91 Å². The normalized spacial score (nSPS) is 23.8. The van der Waals surface area contributed by atoms with Gasteiger partial charge in [0, 0.05) is 19.0 Å². The summed E-state index contributed by atoms with van der Waals surface area (Å²) in [5, 5.41) is 3.39. The summed E-state index contributed by atoms with van der Waals surface area (Å²) in [6, 6.07) is 10.4. The van der Waals surface area contributed by atoms with E-state index >= 15 is 0 Å². The second-order valence-electron chi connectivity index (χ2n) is 10.6. The van der Waals surface area contributed by atoms with Crippen LogP contribution in [-0.4, -0.2) is 35.6 Å². The van der Waals surface area contributed by atoms with Crippen molar-refractivity contribution in [2.75, 3.05) is 13.1 Å². The van der Waals surface area contributed by atoms with Crippen LogP contribution in [-0.2, 0) is 9.53 Å². The highest BCUT2D eigenvalue weighted by Crippen LogP contribution is 2.32. The van der Waals surface area contributed by atoms with E-state index in [1.165, 1.54) is 5.56 Å². The van der Waals surface area contributed by atoms with E-state index in [-0.39, 0.29) is 24.0 Å². The van der Waals surface area contributed by atoms with Crippen molar-refractivity contribution in [2.45, 2.75) is 84.3 Å². The van der Waals surface area contributed by atoms with Crippen molar-refractivity contribution in [3.8, 4) is 0 Å². The maximum atomic E-state index is 13.0. The van der Waals surface area contributed by atoms with Gasteiger partial charge in [-0.05, 0) is 83.1 Å². The van der Waals surface area contributed by atoms with Gasteiger partial charge in [0.15, 0.2) is 0 Å². The SMILES string of the molecule is CC1CCC(C(=O)NC(CC2CCN(C(=O)OC(C)(C)C)CC2)c2ccccc2)CC1. The van der Waals surface area contributed by atoms with Crippen molar-refractivity contribution in [3.63, 3.8) is 0 Å². The van der Waals surface area contributed by atoms with E-state index in [1.54, 1.807) is 0 Å². The Hall–Kier alpha value is -2.04. The van der Waals surface area contributed by atoms with Gasteiger partial charge in [-0.25, -0.2) is 4.79 Å². The summed E-state index contributed by atoms with van der Waals surface area (Å²) in [5.74, 6) is 1.59. The summed E-state index contributed by atoms with van der Waals surface area (Å²) in [4.78, 5) is 27.2. The number of amides is 2. The first-order valence-electron chi connectivity index (χ1n) is 12.0. The quantitative estimate of drug-likeness (QED) is 0.654. The number of nitrogens with zero attached hydrogens (tertiary/aromatic N) is 1. The third-order valence-corrected chi connectivity index (χ3v) is 6.74. The summed E-state index contributed by atoms with van der Waals surface area (Å²) in [5.41, 5.74) is 0.711. The van der Waals surface area contributed by atoms with Crippen LogP contribution in [0.15, 0.2) is 30.3 Å². The summed E-state index contributed by atoms with van der Waals surface area (Å²) in [6.07, 6.45) is 6.89. The Morgan fingerprint density at radius 1 is 1.03 bits per heavy atom. The maximum Gasteiger partial charge on any atom is 0.410 e. The molecule has 0 bridgehead atoms. The smallest absolute Gasteiger partial charge is 0.410 e. The van der Waals surface area contributed by atoms with Gasteiger partial charge >= 0.3 is 6.09 Å². The van der Waals surface area contributed by atoms with Crippen LogP contribution in [0.2, 0.25) is 0 Å². The molecule has 1 saturated heterocycles. The molecular formula is C26H40N2O3. The molecule has 1 unspecified atom stereocenters. The van der Waals surface area contributed by atoms with Crippen molar-refractivity contribution in [2.24, 2.45) is 17.8 Å². The number of benzene rings is 1. The molecule has 1 aromatic rings. The zero-order chi connectivity index (χ0) is 22.4. The lowest BCUT2D eigenvalue weighted by Gasteiger charge is -2.35. The molecule has 0 aromatic heterocycles. The minimum Gasteiger partial charge on any atom is -0.444 e. The number of nitrogens with one attached hydrogen (secondary N) is 1. The van der Waals surface area contributed by atoms with Gasteiger partial charge in [-0.2, -0.15) is 0 Å². The van der Waals surface area contributed by atoms with Gasteiger partial charge in [0.05, 0.1) is 6.04 Å². The first-order valence-corrected chi connectivity index (χ1v) is 12.0. The van der Waals surface area contributed by atoms with Crippen LogP contribution in [0, 0.1) is 17.8 Å². The molecule has 1 aliphatic carbocycles. The fourth-order valence-electron chi connectivity index (χ4n) is 4.79. The van der Waals surface area contributed by atoms with Gasteiger partial charge in [0.1, 0.15) is 5.60 Å². The minimum absolute atomic E-state index is 0.0335. The Bertz CT molecular complexity index is 712. The van der Waals surface area contributed by atoms with Gasteiger partial charge in [-0.3, -0.25) is 4.79 Å². The third kappa shape index (κ3) is 7.26. The Morgan fingerprint density at radius 2 is 1.65 bits per heavy atom. The van der Waals surface area contributed by atoms with Crippen LogP contribution < -0.4 is 5.32 Å². The van der Waals surface area contributed by atoms with Crippen molar-refractivity contribution in [1.29, 1.82) is 0 Å². The average molecular weight is 429 g/mol. The van der Waals surface area contributed by atoms with Gasteiger partial charge in [-0.1, -0.05) is 37.3 Å². The molecule has 5 nitrogen and oxygen atoms in total. The van der Waals surface area contributed by atoms with Crippen molar-refractivity contribution >= 4 is 12.0 Å². The van der Waals surface area contributed by atoms with E-state index < -0.39 is 5.60 Å². The Morgan fingerprint density at radius 3 is 2.23 bits per heavy atom. The zero-order valence-electron chi connectivity index (χ0n) is 19.7. The van der Waals surface area contributed by atoms with Crippen LogP contribution in [0.1, 0.15) is 84.2 Å². The zero-order valence-corrected chi connectivity index (χ0v) is 19.7. The van der Waals surface area contributed by atoms with Crippen LogP contribution in [0.3, 0.4) is 0 Å². The van der Waals surface area contributed by atoms with Gasteiger partial charge in [-0.15, -0.1) is 0 Å². The van der Waals surface area contributed by atoms with Crippen molar-refractivity contribution in [3.05, 3.63) is 35.9 Å². The number of likely N-dealkylation sites (tertiary alicyclic amines) is 1. The van der Waals surface area contributed by atoms with Crippen LogP contribution in [0.4, 0.5) is 4.79 Å². The average Bonchev–Trinajstić information content (AvgIpc) is 2.73. The molecule has 1 heterocycles. The van der Waals surface area contributed by atoms with Crippen molar-refractivity contribution in [1.82, 2.24) is 10.2 Å². The van der Waals surface area contributed by atoms with E-state index in [0.29, 0.717) is 5.92 Å². The second-order valence-corrected chi connectivity index (χ2v) is 10.6. The monoisotopic (exact) mass is 428 g/mol. The molecule has 2 amide bonds. The maximum absolute atomic E-state index is 13.0. The summed E-state index contributed by atoms with van der Waals surface area (Å²) in [7, 11) is 0. The van der Waals surface area contributed by atoms with E-state index in [1.807, 2.05) is 43.9 Å². The molecule has 1 aromatic carbocycles. The molecule has 1 saturated carbocycles. The number of hydrogen-bond donors (Lipinski definition) is 1. The lowest BCUT2D eigenvalue weighted by atomic mass is 9.82. The molecule has 31 heavy (non-hydrogen) atoms. The number of carbonyl (C=O) groups is 2. The van der Waals surface area contributed by atoms with E-state index in [9.17, 15) is 9.59 Å². The minimum atomic E-state index is -0.465. The molecule has 3 rings (SSSR count). The first-order chi connectivity index (χ1) is 14.7. The molecule has 0 radical (unpaired) electrons. The number of ether oxygens (including phenoxy) is 1.